The van der Waals surface area contributed by atoms with Crippen molar-refractivity contribution in [2.75, 3.05) is 0 Å². The molecule has 0 aliphatic carbocycles. The molecule has 18 heavy (non-hydrogen) atoms. The summed E-state index contributed by atoms with van der Waals surface area (Å²) in [6, 6.07) is 8.27. The average Bonchev–Trinajstić information content (AvgIpc) is 2.97. The van der Waals surface area contributed by atoms with Crippen molar-refractivity contribution in [3.8, 4) is 0 Å². The van der Waals surface area contributed by atoms with Crippen LogP contribution in [0.2, 0.25) is 0 Å². The number of rotatable bonds is 3. The molecule has 0 aliphatic rings. The van der Waals surface area contributed by atoms with E-state index in [-0.39, 0.29) is 6.54 Å². The van der Waals surface area contributed by atoms with Crippen LogP contribution in [0.15, 0.2) is 35.0 Å². The summed E-state index contributed by atoms with van der Waals surface area (Å²) < 4.78 is 7.12. The molecule has 0 saturated heterocycles. The van der Waals surface area contributed by atoms with E-state index in [1.807, 2.05) is 19.2 Å². The van der Waals surface area contributed by atoms with Gasteiger partial charge in [0.2, 0.25) is 5.89 Å². The van der Waals surface area contributed by atoms with E-state index in [9.17, 15) is 0 Å². The van der Waals surface area contributed by atoms with Crippen LogP contribution in [0.4, 0.5) is 0 Å². The second kappa shape index (κ2) is 4.27. The minimum atomic E-state index is 0.280. The van der Waals surface area contributed by atoms with Crippen molar-refractivity contribution < 1.29 is 4.52 Å². The fraction of sp³-hybridized carbons (Fsp3) is 0.231. The topological polar surface area (TPSA) is 69.9 Å². The van der Waals surface area contributed by atoms with Gasteiger partial charge < -0.3 is 14.8 Å². The van der Waals surface area contributed by atoms with Gasteiger partial charge in [0.25, 0.3) is 0 Å². The zero-order valence-corrected chi connectivity index (χ0v) is 10.1. The van der Waals surface area contributed by atoms with Crippen molar-refractivity contribution >= 4 is 10.9 Å². The number of hydrogen-bond acceptors (Lipinski definition) is 4. The number of benzene rings is 1. The summed E-state index contributed by atoms with van der Waals surface area (Å²) in [6.45, 7) is 0.280. The van der Waals surface area contributed by atoms with Crippen molar-refractivity contribution in [3.63, 3.8) is 0 Å². The van der Waals surface area contributed by atoms with E-state index in [2.05, 4.69) is 33.0 Å². The average molecular weight is 242 g/mol. The predicted molar refractivity (Wildman–Crippen MR) is 67.9 cm³/mol. The number of hydrogen-bond donors (Lipinski definition) is 1. The number of aryl methyl sites for hydroxylation is 1. The fourth-order valence-corrected chi connectivity index (χ4v) is 2.18. The lowest BCUT2D eigenvalue weighted by Crippen LogP contribution is -1.96. The first-order valence-corrected chi connectivity index (χ1v) is 5.82. The van der Waals surface area contributed by atoms with Gasteiger partial charge in [-0.3, -0.25) is 0 Å². The maximum atomic E-state index is 5.45. The quantitative estimate of drug-likeness (QED) is 0.757. The normalized spacial score (nSPS) is 11.2. The molecule has 2 heterocycles. The van der Waals surface area contributed by atoms with E-state index in [0.29, 0.717) is 18.1 Å². The lowest BCUT2D eigenvalue weighted by molar-refractivity contribution is 0.375. The molecular formula is C13H14N4O. The van der Waals surface area contributed by atoms with Crippen molar-refractivity contribution in [1.29, 1.82) is 0 Å². The van der Waals surface area contributed by atoms with E-state index >= 15 is 0 Å². The first-order valence-electron chi connectivity index (χ1n) is 5.82. The summed E-state index contributed by atoms with van der Waals surface area (Å²) in [5.74, 6) is 1.15. The van der Waals surface area contributed by atoms with Crippen LogP contribution in [-0.4, -0.2) is 14.7 Å². The summed E-state index contributed by atoms with van der Waals surface area (Å²) in [6.07, 6.45) is 2.76. The second-order valence-electron chi connectivity index (χ2n) is 4.27. The van der Waals surface area contributed by atoms with Crippen LogP contribution in [0.5, 0.6) is 0 Å². The summed E-state index contributed by atoms with van der Waals surface area (Å²) >= 11 is 0. The third-order valence-corrected chi connectivity index (χ3v) is 3.01. The van der Waals surface area contributed by atoms with Gasteiger partial charge in [-0.25, -0.2) is 0 Å². The summed E-state index contributed by atoms with van der Waals surface area (Å²) in [4.78, 5) is 4.23. The minimum absolute atomic E-state index is 0.280. The number of nitrogens with zero attached hydrogens (tertiary/aromatic N) is 3. The number of nitrogens with two attached hydrogens (primary N) is 1. The molecule has 92 valence electrons. The molecule has 2 aromatic heterocycles. The molecule has 2 N–H and O–H groups in total. The largest absolute Gasteiger partial charge is 0.350 e. The van der Waals surface area contributed by atoms with Crippen molar-refractivity contribution in [3.05, 3.63) is 47.7 Å². The molecule has 0 atom stereocenters. The van der Waals surface area contributed by atoms with E-state index in [1.165, 1.54) is 16.5 Å². The van der Waals surface area contributed by atoms with Crippen LogP contribution in [0.1, 0.15) is 17.3 Å². The summed E-state index contributed by atoms with van der Waals surface area (Å²) in [5.41, 5.74) is 7.85. The predicted octanol–water partition coefficient (Wildman–Crippen LogP) is 1.61. The lowest BCUT2D eigenvalue weighted by Gasteiger charge is -1.94. The summed E-state index contributed by atoms with van der Waals surface area (Å²) in [7, 11) is 2.04. The highest BCUT2D eigenvalue weighted by Crippen LogP contribution is 2.22. The van der Waals surface area contributed by atoms with Gasteiger partial charge in [0.15, 0.2) is 5.82 Å². The first kappa shape index (κ1) is 11.0. The minimum Gasteiger partial charge on any atom is -0.350 e. The van der Waals surface area contributed by atoms with Crippen molar-refractivity contribution in [1.82, 2.24) is 14.7 Å². The molecule has 0 bridgehead atoms. The van der Waals surface area contributed by atoms with E-state index in [0.717, 1.165) is 0 Å². The van der Waals surface area contributed by atoms with Crippen LogP contribution >= 0.6 is 0 Å². The lowest BCUT2D eigenvalue weighted by atomic mass is 10.1. The maximum Gasteiger partial charge on any atom is 0.240 e. The van der Waals surface area contributed by atoms with E-state index < -0.39 is 0 Å². The molecule has 0 radical (unpaired) electrons. The molecule has 0 fully saturated rings. The van der Waals surface area contributed by atoms with Crippen molar-refractivity contribution in [2.45, 2.75) is 13.0 Å². The molecule has 0 spiro atoms. The second-order valence-corrected chi connectivity index (χ2v) is 4.27. The maximum absolute atomic E-state index is 5.45. The Balaban J connectivity index is 1.99. The third kappa shape index (κ3) is 1.78. The Morgan fingerprint density at radius 1 is 1.33 bits per heavy atom. The fourth-order valence-electron chi connectivity index (χ4n) is 2.18. The van der Waals surface area contributed by atoms with E-state index in [1.54, 1.807) is 0 Å². The monoisotopic (exact) mass is 242 g/mol. The van der Waals surface area contributed by atoms with Gasteiger partial charge >= 0.3 is 0 Å². The molecule has 0 unspecified atom stereocenters. The molecule has 3 aromatic rings. The Morgan fingerprint density at radius 2 is 2.17 bits per heavy atom. The molecule has 3 rings (SSSR count). The van der Waals surface area contributed by atoms with Gasteiger partial charge in [-0.2, -0.15) is 4.98 Å². The zero-order chi connectivity index (χ0) is 12.5. The number of fused-ring (bicyclic) bond motifs is 1. The molecule has 0 amide bonds. The highest BCUT2D eigenvalue weighted by atomic mass is 16.5. The Hall–Kier alpha value is -2.14. The van der Waals surface area contributed by atoms with Gasteiger partial charge in [-0.15, -0.1) is 0 Å². The van der Waals surface area contributed by atoms with Crippen LogP contribution in [-0.2, 0) is 20.0 Å². The molecule has 0 aliphatic heterocycles. The zero-order valence-electron chi connectivity index (χ0n) is 10.1. The van der Waals surface area contributed by atoms with Gasteiger partial charge in [-0.05, 0) is 11.6 Å². The Morgan fingerprint density at radius 3 is 2.94 bits per heavy atom. The summed E-state index contributed by atoms with van der Waals surface area (Å²) in [5, 5.41) is 5.14. The highest BCUT2D eigenvalue weighted by Gasteiger charge is 2.10. The molecule has 5 heteroatoms. The molecular weight excluding hydrogens is 228 g/mol. The van der Waals surface area contributed by atoms with Crippen LogP contribution in [0, 0.1) is 0 Å². The molecule has 5 nitrogen and oxygen atoms in total. The van der Waals surface area contributed by atoms with Gasteiger partial charge in [0.1, 0.15) is 0 Å². The highest BCUT2D eigenvalue weighted by molar-refractivity contribution is 5.84. The Kier molecular flexibility index (Phi) is 2.60. The number of aromatic nitrogens is 3. The smallest absolute Gasteiger partial charge is 0.240 e. The Labute approximate surface area is 104 Å². The third-order valence-electron chi connectivity index (χ3n) is 3.01. The molecule has 1 aromatic carbocycles. The first-order chi connectivity index (χ1) is 8.78. The standard InChI is InChI=1S/C13H14N4O/c1-17-8-9(10-4-2-3-5-11(10)17)6-12-15-13(7-14)18-16-12/h2-5,8H,6-7,14H2,1H3. The van der Waals surface area contributed by atoms with Crippen LogP contribution < -0.4 is 5.73 Å². The van der Waals surface area contributed by atoms with E-state index in [4.69, 9.17) is 10.3 Å². The SMILES string of the molecule is Cn1cc(Cc2noc(CN)n2)c2ccccc21. The van der Waals surface area contributed by atoms with Crippen molar-refractivity contribution in [2.24, 2.45) is 12.8 Å². The molecule has 0 saturated carbocycles. The van der Waals surface area contributed by atoms with Crippen LogP contribution in [0.3, 0.4) is 0 Å². The van der Waals surface area contributed by atoms with Gasteiger partial charge in [-0.1, -0.05) is 23.4 Å². The van der Waals surface area contributed by atoms with Crippen LogP contribution in [0.25, 0.3) is 10.9 Å². The number of para-hydroxylation sites is 1. The van der Waals surface area contributed by atoms with Gasteiger partial charge in [0.05, 0.1) is 6.54 Å². The van der Waals surface area contributed by atoms with Gasteiger partial charge in [0, 0.05) is 30.6 Å². The Bertz CT molecular complexity index is 683.